The lowest BCUT2D eigenvalue weighted by atomic mass is 10.1. The van der Waals surface area contributed by atoms with Crippen LogP contribution >= 0.6 is 11.8 Å². The van der Waals surface area contributed by atoms with E-state index in [2.05, 4.69) is 10.4 Å². The molecule has 7 nitrogen and oxygen atoms in total. The predicted octanol–water partition coefficient (Wildman–Crippen LogP) is 0.975. The SMILES string of the molecule is O=C(Cn1nc2c(cc1=O)CSCC2)N[C@@H](C(=O)O)c1ccccc1. The first-order chi connectivity index (χ1) is 12.0. The number of thioether (sulfide) groups is 1. The Balaban J connectivity index is 1.76. The fourth-order valence-corrected chi connectivity index (χ4v) is 3.59. The Morgan fingerprint density at radius 1 is 1.32 bits per heavy atom. The molecule has 3 rings (SSSR count). The number of aryl methyl sites for hydroxylation is 1. The lowest BCUT2D eigenvalue weighted by Crippen LogP contribution is -2.39. The summed E-state index contributed by atoms with van der Waals surface area (Å²) in [5.74, 6) is -0.0579. The number of hydrogen-bond acceptors (Lipinski definition) is 5. The van der Waals surface area contributed by atoms with Gasteiger partial charge in [-0.1, -0.05) is 30.3 Å². The minimum atomic E-state index is -1.17. The fraction of sp³-hybridized carbons (Fsp3) is 0.294. The number of carbonyl (C=O) groups is 2. The van der Waals surface area contributed by atoms with Crippen molar-refractivity contribution in [3.63, 3.8) is 0 Å². The molecule has 1 aromatic carbocycles. The molecule has 1 atom stereocenters. The largest absolute Gasteiger partial charge is 0.479 e. The number of hydrogen-bond donors (Lipinski definition) is 2. The van der Waals surface area contributed by atoms with Gasteiger partial charge in [-0.2, -0.15) is 16.9 Å². The quantitative estimate of drug-likeness (QED) is 0.825. The number of carbonyl (C=O) groups excluding carboxylic acids is 1. The van der Waals surface area contributed by atoms with Crippen LogP contribution < -0.4 is 10.9 Å². The molecule has 0 bridgehead atoms. The van der Waals surface area contributed by atoms with Crippen LogP contribution in [0.3, 0.4) is 0 Å². The van der Waals surface area contributed by atoms with Crippen LogP contribution in [0.4, 0.5) is 0 Å². The van der Waals surface area contributed by atoms with Gasteiger partial charge in [-0.3, -0.25) is 9.59 Å². The maximum Gasteiger partial charge on any atom is 0.330 e. The highest BCUT2D eigenvalue weighted by Crippen LogP contribution is 2.21. The minimum Gasteiger partial charge on any atom is -0.479 e. The molecular formula is C17H17N3O4S. The second-order valence-corrected chi connectivity index (χ2v) is 6.77. The van der Waals surface area contributed by atoms with Crippen molar-refractivity contribution in [2.75, 3.05) is 5.75 Å². The van der Waals surface area contributed by atoms with Crippen LogP contribution in [0.2, 0.25) is 0 Å². The van der Waals surface area contributed by atoms with Crippen molar-refractivity contribution in [2.24, 2.45) is 0 Å². The van der Waals surface area contributed by atoms with Crippen LogP contribution in [0.1, 0.15) is 22.9 Å². The monoisotopic (exact) mass is 359 g/mol. The molecule has 0 radical (unpaired) electrons. The van der Waals surface area contributed by atoms with Crippen LogP contribution in [-0.4, -0.2) is 32.5 Å². The lowest BCUT2D eigenvalue weighted by molar-refractivity contribution is -0.142. The van der Waals surface area contributed by atoms with Crippen LogP contribution in [-0.2, 0) is 28.3 Å². The van der Waals surface area contributed by atoms with Crippen LogP contribution in [0.5, 0.6) is 0 Å². The van der Waals surface area contributed by atoms with E-state index in [1.54, 1.807) is 42.1 Å². The van der Waals surface area contributed by atoms with E-state index >= 15 is 0 Å². The standard InChI is InChI=1S/C17H17N3O4S/c21-14(18-16(17(23)24)11-4-2-1-3-5-11)9-20-15(22)8-12-10-25-7-6-13(12)19-20/h1-5,8,16H,6-7,9-10H2,(H,18,21)(H,23,24)/t16-/m1/s1. The topological polar surface area (TPSA) is 101 Å². The highest BCUT2D eigenvalue weighted by Gasteiger charge is 2.22. The molecule has 0 unspecified atom stereocenters. The number of nitrogens with zero attached hydrogens (tertiary/aromatic N) is 2. The van der Waals surface area contributed by atoms with Crippen molar-refractivity contribution in [3.05, 3.63) is 63.6 Å². The molecule has 0 saturated heterocycles. The van der Waals surface area contributed by atoms with E-state index in [9.17, 15) is 19.5 Å². The van der Waals surface area contributed by atoms with Gasteiger partial charge in [0.15, 0.2) is 6.04 Å². The summed E-state index contributed by atoms with van der Waals surface area (Å²) in [5, 5.41) is 16.1. The summed E-state index contributed by atoms with van der Waals surface area (Å²) < 4.78 is 1.09. The predicted molar refractivity (Wildman–Crippen MR) is 93.3 cm³/mol. The van der Waals surface area contributed by atoms with Crippen molar-refractivity contribution >= 4 is 23.6 Å². The molecule has 0 fully saturated rings. The van der Waals surface area contributed by atoms with E-state index in [-0.39, 0.29) is 12.1 Å². The molecule has 1 amide bonds. The Hall–Kier alpha value is -2.61. The number of aliphatic carboxylic acids is 1. The second-order valence-electron chi connectivity index (χ2n) is 5.66. The molecule has 1 aliphatic rings. The van der Waals surface area contributed by atoms with Gasteiger partial charge in [0.1, 0.15) is 6.54 Å². The third-order valence-electron chi connectivity index (χ3n) is 3.88. The summed E-state index contributed by atoms with van der Waals surface area (Å²) in [6, 6.07) is 8.75. The summed E-state index contributed by atoms with van der Waals surface area (Å²) in [5.41, 5.74) is 1.84. The first-order valence-electron chi connectivity index (χ1n) is 7.79. The minimum absolute atomic E-state index is 0.310. The third-order valence-corrected chi connectivity index (χ3v) is 4.89. The van der Waals surface area contributed by atoms with E-state index in [0.29, 0.717) is 5.56 Å². The van der Waals surface area contributed by atoms with Crippen LogP contribution in [0.15, 0.2) is 41.2 Å². The summed E-state index contributed by atoms with van der Waals surface area (Å²) in [7, 11) is 0. The smallest absolute Gasteiger partial charge is 0.330 e. The molecule has 0 spiro atoms. The number of carboxylic acid groups (broad SMARTS) is 1. The highest BCUT2D eigenvalue weighted by atomic mass is 32.2. The first kappa shape index (κ1) is 17.2. The highest BCUT2D eigenvalue weighted by molar-refractivity contribution is 7.98. The van der Waals surface area contributed by atoms with Crippen LogP contribution in [0, 0.1) is 0 Å². The molecular weight excluding hydrogens is 342 g/mol. The summed E-state index contributed by atoms with van der Waals surface area (Å²) in [6.07, 6.45) is 0.754. The molecule has 0 aliphatic carbocycles. The summed E-state index contributed by atoms with van der Waals surface area (Å²) in [4.78, 5) is 35.8. The Morgan fingerprint density at radius 2 is 2.08 bits per heavy atom. The van der Waals surface area contributed by atoms with Crippen LogP contribution in [0.25, 0.3) is 0 Å². The molecule has 2 heterocycles. The van der Waals surface area contributed by atoms with Gasteiger partial charge >= 0.3 is 5.97 Å². The van der Waals surface area contributed by atoms with Gasteiger partial charge in [-0.25, -0.2) is 9.48 Å². The molecule has 8 heteroatoms. The van der Waals surface area contributed by atoms with E-state index in [1.807, 2.05) is 0 Å². The van der Waals surface area contributed by atoms with Gasteiger partial charge in [0.2, 0.25) is 5.91 Å². The fourth-order valence-electron chi connectivity index (χ4n) is 2.64. The van der Waals surface area contributed by atoms with Gasteiger partial charge in [0.25, 0.3) is 5.56 Å². The Kier molecular flexibility index (Phi) is 5.18. The molecule has 2 aromatic rings. The molecule has 1 aliphatic heterocycles. The van der Waals surface area contributed by atoms with Crippen molar-refractivity contribution in [1.82, 2.24) is 15.1 Å². The Morgan fingerprint density at radius 3 is 2.80 bits per heavy atom. The zero-order valence-corrected chi connectivity index (χ0v) is 14.2. The molecule has 25 heavy (non-hydrogen) atoms. The van der Waals surface area contributed by atoms with Crippen molar-refractivity contribution in [1.29, 1.82) is 0 Å². The third kappa shape index (κ3) is 4.08. The number of nitrogens with one attached hydrogen (secondary N) is 1. The van der Waals surface area contributed by atoms with Crippen molar-refractivity contribution in [3.8, 4) is 0 Å². The van der Waals surface area contributed by atoms with Crippen molar-refractivity contribution < 1.29 is 14.7 Å². The maximum absolute atomic E-state index is 12.2. The molecule has 2 N–H and O–H groups in total. The zero-order chi connectivity index (χ0) is 17.8. The maximum atomic E-state index is 12.2. The number of amides is 1. The van der Waals surface area contributed by atoms with E-state index in [4.69, 9.17) is 0 Å². The van der Waals surface area contributed by atoms with Gasteiger partial charge < -0.3 is 10.4 Å². The number of carboxylic acids is 1. The van der Waals surface area contributed by atoms with Crippen molar-refractivity contribution in [2.45, 2.75) is 24.8 Å². The second kappa shape index (κ2) is 7.52. The first-order valence-corrected chi connectivity index (χ1v) is 8.95. The number of benzene rings is 1. The molecule has 130 valence electrons. The van der Waals surface area contributed by atoms with E-state index in [0.717, 1.165) is 33.9 Å². The van der Waals surface area contributed by atoms with Gasteiger partial charge in [-0.15, -0.1) is 0 Å². The number of fused-ring (bicyclic) bond motifs is 1. The lowest BCUT2D eigenvalue weighted by Gasteiger charge is -2.17. The zero-order valence-electron chi connectivity index (χ0n) is 13.3. The average Bonchev–Trinajstić information content (AvgIpc) is 2.61. The van der Waals surface area contributed by atoms with E-state index in [1.165, 1.54) is 6.07 Å². The number of aromatic nitrogens is 2. The summed E-state index contributed by atoms with van der Waals surface area (Å²) >= 11 is 1.74. The summed E-state index contributed by atoms with van der Waals surface area (Å²) in [6.45, 7) is -0.310. The normalized spacial score (nSPS) is 14.4. The Bertz CT molecular complexity index is 851. The Labute approximate surface area is 148 Å². The average molecular weight is 359 g/mol. The van der Waals surface area contributed by atoms with Gasteiger partial charge in [-0.05, 0) is 16.9 Å². The van der Waals surface area contributed by atoms with Gasteiger partial charge in [0, 0.05) is 18.2 Å². The number of rotatable bonds is 5. The molecule has 1 aromatic heterocycles. The molecule has 0 saturated carbocycles. The van der Waals surface area contributed by atoms with E-state index < -0.39 is 17.9 Å². The van der Waals surface area contributed by atoms with Gasteiger partial charge in [0.05, 0.1) is 5.69 Å².